The van der Waals surface area contributed by atoms with Crippen LogP contribution in [0.1, 0.15) is 26.6 Å². The molecule has 0 saturated carbocycles. The molecule has 0 atom stereocenters. The molecular weight excluding hydrogens is 270 g/mol. The lowest BCUT2D eigenvalue weighted by Gasteiger charge is -2.03. The third-order valence-corrected chi connectivity index (χ3v) is 3.62. The number of hydrogen-bond donors (Lipinski definition) is 1. The van der Waals surface area contributed by atoms with Gasteiger partial charge in [-0.05, 0) is 32.9 Å². The molecule has 0 spiro atoms. The molecule has 1 N–H and O–H groups in total. The van der Waals surface area contributed by atoms with Gasteiger partial charge >= 0.3 is 0 Å². The minimum absolute atomic E-state index is 0.226. The fourth-order valence-electron chi connectivity index (χ4n) is 1.45. The van der Waals surface area contributed by atoms with Gasteiger partial charge in [-0.3, -0.25) is 10.1 Å². The van der Waals surface area contributed by atoms with Crippen LogP contribution in [0.15, 0.2) is 12.1 Å². The minimum atomic E-state index is -0.226. The van der Waals surface area contributed by atoms with Crippen LogP contribution < -0.4 is 5.32 Å². The molecule has 0 unspecified atom stereocenters. The molecule has 94 valence electrons. The number of rotatable bonds is 2. The Morgan fingerprint density at radius 1 is 1.28 bits per heavy atom. The van der Waals surface area contributed by atoms with Crippen molar-refractivity contribution in [2.45, 2.75) is 20.8 Å². The Bertz CT molecular complexity index is 570. The average Bonchev–Trinajstić information content (AvgIpc) is 2.56. The molecule has 2 aromatic heterocycles. The largest absolute Gasteiger partial charge is 0.298 e. The van der Waals surface area contributed by atoms with Crippen LogP contribution in [0.2, 0.25) is 5.15 Å². The van der Waals surface area contributed by atoms with Gasteiger partial charge in [0.1, 0.15) is 5.15 Å². The van der Waals surface area contributed by atoms with Gasteiger partial charge in [0.2, 0.25) is 0 Å². The molecule has 0 saturated heterocycles. The molecule has 0 aliphatic carbocycles. The summed E-state index contributed by atoms with van der Waals surface area (Å²) in [6, 6.07) is 3.23. The van der Waals surface area contributed by atoms with Crippen LogP contribution in [0.3, 0.4) is 0 Å². The zero-order valence-corrected chi connectivity index (χ0v) is 11.8. The minimum Gasteiger partial charge on any atom is -0.298 e. The van der Waals surface area contributed by atoms with Gasteiger partial charge in [0.25, 0.3) is 5.91 Å². The normalized spacial score (nSPS) is 10.4. The van der Waals surface area contributed by atoms with Crippen LogP contribution in [0.5, 0.6) is 0 Å². The van der Waals surface area contributed by atoms with Gasteiger partial charge in [0.05, 0.1) is 5.69 Å². The highest BCUT2D eigenvalue weighted by Crippen LogP contribution is 2.22. The summed E-state index contributed by atoms with van der Waals surface area (Å²) in [5.41, 5.74) is 2.12. The molecule has 0 aliphatic rings. The molecule has 18 heavy (non-hydrogen) atoms. The van der Waals surface area contributed by atoms with E-state index in [0.717, 1.165) is 10.6 Å². The van der Waals surface area contributed by atoms with Crippen LogP contribution in [0.25, 0.3) is 0 Å². The summed E-state index contributed by atoms with van der Waals surface area (Å²) >= 11 is 7.28. The molecule has 2 heterocycles. The van der Waals surface area contributed by atoms with Gasteiger partial charge < -0.3 is 0 Å². The number of nitrogens with zero attached hydrogens (tertiary/aromatic N) is 2. The molecule has 4 nitrogen and oxygen atoms in total. The zero-order chi connectivity index (χ0) is 13.3. The molecule has 0 radical (unpaired) electrons. The number of anilines is 1. The Balaban J connectivity index is 2.21. The van der Waals surface area contributed by atoms with E-state index in [1.54, 1.807) is 13.0 Å². The number of aryl methyl sites for hydroxylation is 3. The third-order valence-electron chi connectivity index (χ3n) is 2.43. The lowest BCUT2D eigenvalue weighted by Crippen LogP contribution is -2.12. The van der Waals surface area contributed by atoms with Crippen molar-refractivity contribution in [3.05, 3.63) is 39.1 Å². The Hall–Kier alpha value is -1.46. The van der Waals surface area contributed by atoms with Gasteiger partial charge in [-0.2, -0.15) is 0 Å². The standard InChI is InChI=1S/C12H12ClN3OS/c1-6-4-9(5-10(13)14-6)11(17)16-12-15-7(2)8(3)18-12/h4-5H,1-3H3,(H,15,16,17). The summed E-state index contributed by atoms with van der Waals surface area (Å²) in [6.07, 6.45) is 0. The summed E-state index contributed by atoms with van der Waals surface area (Å²) < 4.78 is 0. The van der Waals surface area contributed by atoms with Crippen molar-refractivity contribution >= 4 is 34.0 Å². The van der Waals surface area contributed by atoms with Gasteiger partial charge in [-0.1, -0.05) is 11.6 Å². The summed E-state index contributed by atoms with van der Waals surface area (Å²) in [5, 5.41) is 3.67. The van der Waals surface area contributed by atoms with E-state index in [4.69, 9.17) is 11.6 Å². The second-order valence-electron chi connectivity index (χ2n) is 3.93. The topological polar surface area (TPSA) is 54.9 Å². The monoisotopic (exact) mass is 281 g/mol. The Morgan fingerprint density at radius 3 is 2.56 bits per heavy atom. The van der Waals surface area contributed by atoms with E-state index in [9.17, 15) is 4.79 Å². The first-order valence-electron chi connectivity index (χ1n) is 5.35. The van der Waals surface area contributed by atoms with Crippen molar-refractivity contribution < 1.29 is 4.79 Å². The molecule has 0 aliphatic heterocycles. The highest BCUT2D eigenvalue weighted by Gasteiger charge is 2.11. The smallest absolute Gasteiger partial charge is 0.257 e. The number of carbonyl (C=O) groups excluding carboxylic acids is 1. The fraction of sp³-hybridized carbons (Fsp3) is 0.250. The molecule has 1 amide bonds. The number of halogens is 1. The quantitative estimate of drug-likeness (QED) is 0.859. The number of pyridine rings is 1. The molecule has 0 bridgehead atoms. The lowest BCUT2D eigenvalue weighted by atomic mass is 10.2. The van der Waals surface area contributed by atoms with E-state index in [0.29, 0.717) is 21.5 Å². The van der Waals surface area contributed by atoms with Crippen molar-refractivity contribution in [2.75, 3.05) is 5.32 Å². The van der Waals surface area contributed by atoms with Gasteiger partial charge in [-0.15, -0.1) is 11.3 Å². The third kappa shape index (κ3) is 2.86. The van der Waals surface area contributed by atoms with Crippen molar-refractivity contribution in [1.29, 1.82) is 0 Å². The second-order valence-corrected chi connectivity index (χ2v) is 5.53. The summed E-state index contributed by atoms with van der Waals surface area (Å²) in [7, 11) is 0. The van der Waals surface area contributed by atoms with Crippen LogP contribution in [-0.2, 0) is 0 Å². The van der Waals surface area contributed by atoms with Crippen molar-refractivity contribution in [3.63, 3.8) is 0 Å². The zero-order valence-electron chi connectivity index (χ0n) is 10.2. The maximum atomic E-state index is 12.0. The summed E-state index contributed by atoms with van der Waals surface area (Å²) in [4.78, 5) is 21.4. The SMILES string of the molecule is Cc1cc(C(=O)Nc2nc(C)c(C)s2)cc(Cl)n1. The molecule has 0 fully saturated rings. The van der Waals surface area contributed by atoms with E-state index >= 15 is 0 Å². The van der Waals surface area contributed by atoms with Crippen LogP contribution in [0.4, 0.5) is 5.13 Å². The fourth-order valence-corrected chi connectivity index (χ4v) is 2.52. The number of hydrogen-bond acceptors (Lipinski definition) is 4. The Labute approximate surface area is 114 Å². The van der Waals surface area contributed by atoms with E-state index in [1.165, 1.54) is 17.4 Å². The first-order chi connectivity index (χ1) is 8.45. The number of thiazole rings is 1. The molecule has 2 rings (SSSR count). The van der Waals surface area contributed by atoms with E-state index in [1.807, 2.05) is 13.8 Å². The molecule has 2 aromatic rings. The number of aromatic nitrogens is 2. The maximum absolute atomic E-state index is 12.0. The lowest BCUT2D eigenvalue weighted by molar-refractivity contribution is 0.102. The number of amides is 1. The highest BCUT2D eigenvalue weighted by atomic mass is 35.5. The molecular formula is C12H12ClN3OS. The van der Waals surface area contributed by atoms with Crippen molar-refractivity contribution in [3.8, 4) is 0 Å². The van der Waals surface area contributed by atoms with E-state index in [-0.39, 0.29) is 5.91 Å². The maximum Gasteiger partial charge on any atom is 0.257 e. The summed E-state index contributed by atoms with van der Waals surface area (Å²) in [5.74, 6) is -0.226. The summed E-state index contributed by atoms with van der Waals surface area (Å²) in [6.45, 7) is 5.67. The number of carbonyl (C=O) groups is 1. The van der Waals surface area contributed by atoms with Crippen molar-refractivity contribution in [2.24, 2.45) is 0 Å². The Kier molecular flexibility index (Phi) is 3.63. The van der Waals surface area contributed by atoms with E-state index < -0.39 is 0 Å². The predicted molar refractivity (Wildman–Crippen MR) is 73.5 cm³/mol. The Morgan fingerprint density at radius 2 is 2.00 bits per heavy atom. The van der Waals surface area contributed by atoms with Crippen molar-refractivity contribution in [1.82, 2.24) is 9.97 Å². The first-order valence-corrected chi connectivity index (χ1v) is 6.54. The average molecular weight is 282 g/mol. The van der Waals surface area contributed by atoms with Gasteiger partial charge in [-0.25, -0.2) is 9.97 Å². The van der Waals surface area contributed by atoms with E-state index in [2.05, 4.69) is 15.3 Å². The first kappa shape index (κ1) is 13.0. The highest BCUT2D eigenvalue weighted by molar-refractivity contribution is 7.15. The van der Waals surface area contributed by atoms with Crippen LogP contribution in [-0.4, -0.2) is 15.9 Å². The van der Waals surface area contributed by atoms with Gasteiger partial charge in [0.15, 0.2) is 5.13 Å². The second kappa shape index (κ2) is 5.04. The van der Waals surface area contributed by atoms with Crippen LogP contribution >= 0.6 is 22.9 Å². The molecule has 0 aromatic carbocycles. The predicted octanol–water partition coefficient (Wildman–Crippen LogP) is 3.37. The van der Waals surface area contributed by atoms with Crippen LogP contribution in [0, 0.1) is 20.8 Å². The molecule has 6 heteroatoms. The number of nitrogens with one attached hydrogen (secondary N) is 1. The van der Waals surface area contributed by atoms with Gasteiger partial charge in [0, 0.05) is 16.1 Å².